The van der Waals surface area contributed by atoms with Crippen LogP contribution in [-0.2, 0) is 0 Å². The molecule has 0 aromatic heterocycles. The molecule has 26 heavy (non-hydrogen) atoms. The normalized spacial score (nSPS) is 17.3. The first-order chi connectivity index (χ1) is 12.6. The Kier molecular flexibility index (Phi) is 3.99. The second-order valence-electron chi connectivity index (χ2n) is 6.02. The maximum atomic E-state index is 12.7. The van der Waals surface area contributed by atoms with Gasteiger partial charge in [-0.3, -0.25) is 4.79 Å². The average molecular weight is 357 g/mol. The standard InChI is InChI=1S/C19H19NO6/c1-22-15-8-17(24-3)16(23-2)5-11(15)12-6-14(21)10-4-18-19(26-9-25-18)7-13(10)20-12/h4-5,7-8,12,20H,6,9H2,1-3H3/t12-/m0/s1. The monoisotopic (exact) mass is 357 g/mol. The zero-order valence-electron chi connectivity index (χ0n) is 14.8. The third-order valence-corrected chi connectivity index (χ3v) is 4.64. The summed E-state index contributed by atoms with van der Waals surface area (Å²) in [6, 6.07) is 6.87. The smallest absolute Gasteiger partial charge is 0.231 e. The average Bonchev–Trinajstić information content (AvgIpc) is 3.12. The number of anilines is 1. The van der Waals surface area contributed by atoms with Gasteiger partial charge >= 0.3 is 0 Å². The number of carbonyl (C=O) groups excluding carboxylic acids is 1. The maximum Gasteiger partial charge on any atom is 0.231 e. The molecule has 2 aromatic carbocycles. The van der Waals surface area contributed by atoms with Crippen LogP contribution in [0.15, 0.2) is 24.3 Å². The Morgan fingerprint density at radius 2 is 1.58 bits per heavy atom. The summed E-state index contributed by atoms with van der Waals surface area (Å²) in [5.41, 5.74) is 2.14. The van der Waals surface area contributed by atoms with E-state index in [4.69, 9.17) is 23.7 Å². The number of carbonyl (C=O) groups is 1. The fourth-order valence-corrected chi connectivity index (χ4v) is 3.34. The highest BCUT2D eigenvalue weighted by Gasteiger charge is 2.31. The number of fused-ring (bicyclic) bond motifs is 2. The van der Waals surface area contributed by atoms with Crippen LogP contribution < -0.4 is 29.0 Å². The number of hydrogen-bond acceptors (Lipinski definition) is 7. The zero-order valence-corrected chi connectivity index (χ0v) is 14.8. The highest BCUT2D eigenvalue weighted by molar-refractivity contribution is 6.04. The summed E-state index contributed by atoms with van der Waals surface area (Å²) in [7, 11) is 4.73. The van der Waals surface area contributed by atoms with E-state index in [1.807, 2.05) is 6.07 Å². The van der Waals surface area contributed by atoms with Crippen molar-refractivity contribution < 1.29 is 28.5 Å². The molecule has 2 heterocycles. The number of ketones is 1. The summed E-state index contributed by atoms with van der Waals surface area (Å²) in [4.78, 5) is 12.7. The third-order valence-electron chi connectivity index (χ3n) is 4.64. The zero-order chi connectivity index (χ0) is 18.3. The van der Waals surface area contributed by atoms with Crippen LogP contribution in [0, 0.1) is 0 Å². The minimum absolute atomic E-state index is 0.0267. The fraction of sp³-hybridized carbons (Fsp3) is 0.316. The minimum Gasteiger partial charge on any atom is -0.496 e. The van der Waals surface area contributed by atoms with Crippen molar-refractivity contribution in [2.75, 3.05) is 33.4 Å². The number of rotatable bonds is 4. The third kappa shape index (κ3) is 2.56. The van der Waals surface area contributed by atoms with Gasteiger partial charge in [-0.25, -0.2) is 0 Å². The number of ether oxygens (including phenoxy) is 5. The van der Waals surface area contributed by atoms with Crippen LogP contribution >= 0.6 is 0 Å². The first-order valence-corrected chi connectivity index (χ1v) is 8.18. The van der Waals surface area contributed by atoms with E-state index in [0.29, 0.717) is 46.4 Å². The molecular weight excluding hydrogens is 338 g/mol. The summed E-state index contributed by atoms with van der Waals surface area (Å²) in [6.07, 6.45) is 0.290. The second-order valence-corrected chi connectivity index (χ2v) is 6.02. The molecule has 0 saturated carbocycles. The lowest BCUT2D eigenvalue weighted by Gasteiger charge is -2.28. The molecule has 0 unspecified atom stereocenters. The first kappa shape index (κ1) is 16.4. The summed E-state index contributed by atoms with van der Waals surface area (Å²) >= 11 is 0. The van der Waals surface area contributed by atoms with Crippen LogP contribution in [0.2, 0.25) is 0 Å². The van der Waals surface area contributed by atoms with Crippen LogP contribution in [0.25, 0.3) is 0 Å². The summed E-state index contributed by atoms with van der Waals surface area (Å²) in [5, 5.41) is 3.40. The molecule has 1 atom stereocenters. The van der Waals surface area contributed by atoms with Gasteiger partial charge in [-0.15, -0.1) is 0 Å². The summed E-state index contributed by atoms with van der Waals surface area (Å²) in [6.45, 7) is 0.166. The molecule has 2 aliphatic rings. The summed E-state index contributed by atoms with van der Waals surface area (Å²) in [5.74, 6) is 3.02. The van der Waals surface area contributed by atoms with E-state index in [2.05, 4.69) is 5.32 Å². The number of hydrogen-bond donors (Lipinski definition) is 1. The Morgan fingerprint density at radius 1 is 0.923 bits per heavy atom. The quantitative estimate of drug-likeness (QED) is 0.901. The van der Waals surface area contributed by atoms with Gasteiger partial charge in [-0.1, -0.05) is 0 Å². The molecule has 7 nitrogen and oxygen atoms in total. The van der Waals surface area contributed by atoms with Crippen LogP contribution in [0.5, 0.6) is 28.7 Å². The number of benzene rings is 2. The SMILES string of the molecule is COc1cc(OC)c([C@@H]2CC(=O)c3cc4c(cc3N2)OCO4)cc1OC. The van der Waals surface area contributed by atoms with Crippen molar-refractivity contribution in [3.05, 3.63) is 35.4 Å². The Bertz CT molecular complexity index is 879. The molecular formula is C19H19NO6. The van der Waals surface area contributed by atoms with E-state index < -0.39 is 0 Å². The van der Waals surface area contributed by atoms with E-state index >= 15 is 0 Å². The van der Waals surface area contributed by atoms with Gasteiger partial charge in [0.2, 0.25) is 6.79 Å². The Hall–Kier alpha value is -3.09. The highest BCUT2D eigenvalue weighted by Crippen LogP contribution is 2.45. The Balaban J connectivity index is 1.75. The van der Waals surface area contributed by atoms with Gasteiger partial charge in [-0.2, -0.15) is 0 Å². The molecule has 4 rings (SSSR count). The van der Waals surface area contributed by atoms with Gasteiger partial charge in [0.25, 0.3) is 0 Å². The molecule has 0 saturated heterocycles. The molecule has 2 aliphatic heterocycles. The van der Waals surface area contributed by atoms with Crippen molar-refractivity contribution in [1.82, 2.24) is 0 Å². The molecule has 1 N–H and O–H groups in total. The lowest BCUT2D eigenvalue weighted by molar-refractivity contribution is 0.0971. The predicted octanol–water partition coefficient (Wildman–Crippen LogP) is 3.18. The van der Waals surface area contributed by atoms with E-state index in [-0.39, 0.29) is 18.6 Å². The van der Waals surface area contributed by atoms with E-state index in [9.17, 15) is 4.79 Å². The van der Waals surface area contributed by atoms with Gasteiger partial charge in [0.15, 0.2) is 28.8 Å². The van der Waals surface area contributed by atoms with E-state index in [1.165, 1.54) is 0 Å². The van der Waals surface area contributed by atoms with Crippen molar-refractivity contribution >= 4 is 11.5 Å². The first-order valence-electron chi connectivity index (χ1n) is 8.18. The molecule has 2 aromatic rings. The fourth-order valence-electron chi connectivity index (χ4n) is 3.34. The molecule has 0 radical (unpaired) electrons. The largest absolute Gasteiger partial charge is 0.496 e. The van der Waals surface area contributed by atoms with Crippen molar-refractivity contribution in [3.8, 4) is 28.7 Å². The maximum absolute atomic E-state index is 12.7. The van der Waals surface area contributed by atoms with Crippen LogP contribution in [0.4, 0.5) is 5.69 Å². The second kappa shape index (κ2) is 6.33. The van der Waals surface area contributed by atoms with Crippen molar-refractivity contribution in [2.24, 2.45) is 0 Å². The highest BCUT2D eigenvalue weighted by atomic mass is 16.7. The van der Waals surface area contributed by atoms with Crippen molar-refractivity contribution in [2.45, 2.75) is 12.5 Å². The molecule has 0 bridgehead atoms. The van der Waals surface area contributed by atoms with Gasteiger partial charge in [0.05, 0.1) is 27.4 Å². The lowest BCUT2D eigenvalue weighted by Crippen LogP contribution is -2.23. The van der Waals surface area contributed by atoms with E-state index in [0.717, 1.165) is 5.56 Å². The Morgan fingerprint density at radius 3 is 2.27 bits per heavy atom. The van der Waals surface area contributed by atoms with Crippen LogP contribution in [0.3, 0.4) is 0 Å². The number of methoxy groups -OCH3 is 3. The van der Waals surface area contributed by atoms with E-state index in [1.54, 1.807) is 39.5 Å². The predicted molar refractivity (Wildman–Crippen MR) is 94.0 cm³/mol. The molecule has 0 spiro atoms. The topological polar surface area (TPSA) is 75.3 Å². The molecule has 0 aliphatic carbocycles. The van der Waals surface area contributed by atoms with Crippen LogP contribution in [0.1, 0.15) is 28.4 Å². The van der Waals surface area contributed by atoms with Gasteiger partial charge in [0.1, 0.15) is 5.75 Å². The molecule has 7 heteroatoms. The summed E-state index contributed by atoms with van der Waals surface area (Å²) < 4.78 is 27.0. The molecule has 0 amide bonds. The molecule has 136 valence electrons. The van der Waals surface area contributed by atoms with Gasteiger partial charge in [0, 0.05) is 35.4 Å². The van der Waals surface area contributed by atoms with Crippen molar-refractivity contribution in [1.29, 1.82) is 0 Å². The minimum atomic E-state index is -0.259. The number of Topliss-reactive ketones (excluding diaryl/α,β-unsaturated/α-hetero) is 1. The van der Waals surface area contributed by atoms with Crippen molar-refractivity contribution in [3.63, 3.8) is 0 Å². The Labute approximate surface area is 150 Å². The lowest BCUT2D eigenvalue weighted by atomic mass is 9.91. The van der Waals surface area contributed by atoms with Crippen LogP contribution in [-0.4, -0.2) is 33.9 Å². The van der Waals surface area contributed by atoms with Gasteiger partial charge < -0.3 is 29.0 Å². The number of nitrogens with one attached hydrogen (secondary N) is 1. The molecule has 0 fully saturated rings. The van der Waals surface area contributed by atoms with Gasteiger partial charge in [-0.05, 0) is 12.1 Å².